The Labute approximate surface area is 149 Å². The monoisotopic (exact) mass is 357 g/mol. The van der Waals surface area contributed by atoms with Crippen LogP contribution in [0.1, 0.15) is 40.2 Å². The zero-order valence-electron chi connectivity index (χ0n) is 13.8. The minimum Gasteiger partial charge on any atom is -0.351 e. The summed E-state index contributed by atoms with van der Waals surface area (Å²) in [6, 6.07) is 9.09. The van der Waals surface area contributed by atoms with E-state index in [9.17, 15) is 14.4 Å². The number of carbonyl (C=O) groups is 3. The quantitative estimate of drug-likeness (QED) is 0.741. The SMILES string of the molecule is CC(NC(=O)CCNC(=O)c1cccs1)c1ccc2c(c1)CC(=O)N2. The predicted octanol–water partition coefficient (Wildman–Crippen LogP) is 2.24. The molecular formula is C18H19N3O3S. The molecule has 1 aliphatic rings. The molecule has 6 nitrogen and oxygen atoms in total. The molecule has 3 rings (SSSR count). The molecule has 2 aromatic rings. The Balaban J connectivity index is 1.47. The van der Waals surface area contributed by atoms with Gasteiger partial charge in [0.05, 0.1) is 17.3 Å². The second kappa shape index (κ2) is 7.48. The first-order valence-electron chi connectivity index (χ1n) is 8.06. The molecule has 1 aromatic heterocycles. The molecule has 0 saturated heterocycles. The van der Waals surface area contributed by atoms with Crippen molar-refractivity contribution in [2.75, 3.05) is 11.9 Å². The summed E-state index contributed by atoms with van der Waals surface area (Å²) in [5.74, 6) is -0.300. The molecule has 1 unspecified atom stereocenters. The fourth-order valence-electron chi connectivity index (χ4n) is 2.70. The molecule has 1 aromatic carbocycles. The summed E-state index contributed by atoms with van der Waals surface area (Å²) in [7, 11) is 0. The molecule has 25 heavy (non-hydrogen) atoms. The zero-order chi connectivity index (χ0) is 17.8. The van der Waals surface area contributed by atoms with E-state index >= 15 is 0 Å². The van der Waals surface area contributed by atoms with E-state index in [1.165, 1.54) is 11.3 Å². The normalized spacial score (nSPS) is 13.7. The fraction of sp³-hybridized carbons (Fsp3) is 0.278. The van der Waals surface area contributed by atoms with Crippen molar-refractivity contribution in [1.29, 1.82) is 0 Å². The second-order valence-corrected chi connectivity index (χ2v) is 6.86. The largest absolute Gasteiger partial charge is 0.351 e. The topological polar surface area (TPSA) is 87.3 Å². The summed E-state index contributed by atoms with van der Waals surface area (Å²) in [6.45, 7) is 2.19. The smallest absolute Gasteiger partial charge is 0.261 e. The van der Waals surface area contributed by atoms with Crippen LogP contribution >= 0.6 is 11.3 Å². The van der Waals surface area contributed by atoms with Gasteiger partial charge in [-0.25, -0.2) is 0 Å². The lowest BCUT2D eigenvalue weighted by molar-refractivity contribution is -0.121. The van der Waals surface area contributed by atoms with Gasteiger partial charge in [0.15, 0.2) is 0 Å². The molecule has 3 amide bonds. The number of thiophene rings is 1. The highest BCUT2D eigenvalue weighted by molar-refractivity contribution is 7.12. The lowest BCUT2D eigenvalue weighted by Crippen LogP contribution is -2.31. The van der Waals surface area contributed by atoms with Crippen molar-refractivity contribution in [2.24, 2.45) is 0 Å². The Morgan fingerprint density at radius 3 is 2.92 bits per heavy atom. The lowest BCUT2D eigenvalue weighted by Gasteiger charge is -2.15. The second-order valence-electron chi connectivity index (χ2n) is 5.91. The summed E-state index contributed by atoms with van der Waals surface area (Å²) in [5.41, 5.74) is 2.74. The number of anilines is 1. The van der Waals surface area contributed by atoms with E-state index in [1.807, 2.05) is 36.6 Å². The predicted molar refractivity (Wildman–Crippen MR) is 96.6 cm³/mol. The van der Waals surface area contributed by atoms with E-state index in [0.29, 0.717) is 11.3 Å². The molecule has 130 valence electrons. The van der Waals surface area contributed by atoms with Gasteiger partial charge in [0.2, 0.25) is 11.8 Å². The molecule has 1 aliphatic heterocycles. The maximum Gasteiger partial charge on any atom is 0.261 e. The Morgan fingerprint density at radius 1 is 1.32 bits per heavy atom. The van der Waals surface area contributed by atoms with Gasteiger partial charge in [-0.05, 0) is 35.6 Å². The first kappa shape index (κ1) is 17.2. The number of fused-ring (bicyclic) bond motifs is 1. The molecule has 7 heteroatoms. The third kappa shape index (κ3) is 4.24. The Morgan fingerprint density at radius 2 is 2.16 bits per heavy atom. The summed E-state index contributed by atoms with van der Waals surface area (Å²) in [5, 5.41) is 10.3. The molecule has 0 bridgehead atoms. The van der Waals surface area contributed by atoms with Crippen molar-refractivity contribution in [3.8, 4) is 0 Å². The van der Waals surface area contributed by atoms with Crippen LogP contribution in [-0.2, 0) is 16.0 Å². The van der Waals surface area contributed by atoms with Gasteiger partial charge in [-0.1, -0.05) is 18.2 Å². The Hall–Kier alpha value is -2.67. The molecule has 2 heterocycles. The van der Waals surface area contributed by atoms with E-state index in [1.54, 1.807) is 6.07 Å². The molecule has 3 N–H and O–H groups in total. The standard InChI is InChI=1S/C18H19N3O3S/c1-11(12-4-5-14-13(9-12)10-17(23)21-14)20-16(22)6-7-19-18(24)15-3-2-8-25-15/h2-5,8-9,11H,6-7,10H2,1H3,(H,19,24)(H,20,22)(H,21,23). The molecule has 0 saturated carbocycles. The molecule has 0 spiro atoms. The van der Waals surface area contributed by atoms with Crippen LogP contribution in [-0.4, -0.2) is 24.3 Å². The number of hydrogen-bond donors (Lipinski definition) is 3. The van der Waals surface area contributed by atoms with Gasteiger partial charge in [-0.15, -0.1) is 11.3 Å². The minimum atomic E-state index is -0.165. The minimum absolute atomic E-state index is 0.00896. The van der Waals surface area contributed by atoms with Gasteiger partial charge in [0.25, 0.3) is 5.91 Å². The van der Waals surface area contributed by atoms with Gasteiger partial charge in [0, 0.05) is 18.7 Å². The number of amides is 3. The van der Waals surface area contributed by atoms with Crippen LogP contribution in [0.4, 0.5) is 5.69 Å². The van der Waals surface area contributed by atoms with E-state index in [-0.39, 0.29) is 36.7 Å². The highest BCUT2D eigenvalue weighted by atomic mass is 32.1. The number of carbonyl (C=O) groups excluding carboxylic acids is 3. The van der Waals surface area contributed by atoms with E-state index < -0.39 is 0 Å². The third-order valence-corrected chi connectivity index (χ3v) is 4.88. The molecule has 0 aliphatic carbocycles. The van der Waals surface area contributed by atoms with Crippen LogP contribution in [0.25, 0.3) is 0 Å². The summed E-state index contributed by atoms with van der Waals surface area (Å²) < 4.78 is 0. The van der Waals surface area contributed by atoms with Gasteiger partial charge in [0.1, 0.15) is 0 Å². The molecule has 0 fully saturated rings. The highest BCUT2D eigenvalue weighted by Crippen LogP contribution is 2.26. The maximum absolute atomic E-state index is 12.1. The van der Waals surface area contributed by atoms with Crippen molar-refractivity contribution < 1.29 is 14.4 Å². The van der Waals surface area contributed by atoms with Gasteiger partial charge < -0.3 is 16.0 Å². The van der Waals surface area contributed by atoms with E-state index in [2.05, 4.69) is 16.0 Å². The van der Waals surface area contributed by atoms with E-state index in [4.69, 9.17) is 0 Å². The van der Waals surface area contributed by atoms with Crippen LogP contribution in [0, 0.1) is 0 Å². The molecular weight excluding hydrogens is 338 g/mol. The number of hydrogen-bond acceptors (Lipinski definition) is 4. The first-order valence-corrected chi connectivity index (χ1v) is 8.94. The van der Waals surface area contributed by atoms with Gasteiger partial charge >= 0.3 is 0 Å². The average molecular weight is 357 g/mol. The summed E-state index contributed by atoms with van der Waals surface area (Å²) in [4.78, 5) is 35.9. The molecule has 1 atom stereocenters. The summed E-state index contributed by atoms with van der Waals surface area (Å²) in [6.07, 6.45) is 0.588. The van der Waals surface area contributed by atoms with Crippen molar-refractivity contribution in [2.45, 2.75) is 25.8 Å². The maximum atomic E-state index is 12.1. The van der Waals surface area contributed by atoms with Crippen molar-refractivity contribution in [1.82, 2.24) is 10.6 Å². The zero-order valence-corrected chi connectivity index (χ0v) is 14.6. The lowest BCUT2D eigenvalue weighted by atomic mass is 10.0. The average Bonchev–Trinajstić information content (AvgIpc) is 3.22. The van der Waals surface area contributed by atoms with Crippen LogP contribution in [0.15, 0.2) is 35.7 Å². The van der Waals surface area contributed by atoms with Crippen molar-refractivity contribution in [3.63, 3.8) is 0 Å². The van der Waals surface area contributed by atoms with E-state index in [0.717, 1.165) is 16.8 Å². The Bertz CT molecular complexity index is 802. The summed E-state index contributed by atoms with van der Waals surface area (Å²) >= 11 is 1.37. The van der Waals surface area contributed by atoms with Crippen LogP contribution in [0.2, 0.25) is 0 Å². The van der Waals surface area contributed by atoms with Crippen molar-refractivity contribution in [3.05, 3.63) is 51.7 Å². The van der Waals surface area contributed by atoms with Crippen LogP contribution in [0.5, 0.6) is 0 Å². The Kier molecular flexibility index (Phi) is 5.14. The van der Waals surface area contributed by atoms with Crippen LogP contribution in [0.3, 0.4) is 0 Å². The van der Waals surface area contributed by atoms with Crippen molar-refractivity contribution >= 4 is 34.7 Å². The number of nitrogens with one attached hydrogen (secondary N) is 3. The number of benzene rings is 1. The molecule has 0 radical (unpaired) electrons. The highest BCUT2D eigenvalue weighted by Gasteiger charge is 2.19. The van der Waals surface area contributed by atoms with Crippen LogP contribution < -0.4 is 16.0 Å². The third-order valence-electron chi connectivity index (χ3n) is 4.01. The van der Waals surface area contributed by atoms with Gasteiger partial charge in [-0.2, -0.15) is 0 Å². The number of rotatable bonds is 6. The van der Waals surface area contributed by atoms with Gasteiger partial charge in [-0.3, -0.25) is 14.4 Å². The first-order chi connectivity index (χ1) is 12.0. The fourth-order valence-corrected chi connectivity index (χ4v) is 3.34.